The fourth-order valence-corrected chi connectivity index (χ4v) is 3.08. The van der Waals surface area contributed by atoms with Crippen molar-refractivity contribution in [2.45, 2.75) is 20.0 Å². The van der Waals surface area contributed by atoms with E-state index in [1.807, 2.05) is 37.3 Å². The van der Waals surface area contributed by atoms with E-state index in [2.05, 4.69) is 4.98 Å². The molecule has 0 aliphatic heterocycles. The fraction of sp³-hybridized carbons (Fsp3) is 0.143. The first-order valence-corrected chi connectivity index (χ1v) is 8.18. The van der Waals surface area contributed by atoms with Gasteiger partial charge >= 0.3 is 6.18 Å². The van der Waals surface area contributed by atoms with Crippen molar-refractivity contribution in [3.63, 3.8) is 0 Å². The van der Waals surface area contributed by atoms with Gasteiger partial charge in [-0.15, -0.1) is 0 Å². The molecule has 0 unspecified atom stereocenters. The van der Waals surface area contributed by atoms with Gasteiger partial charge in [-0.3, -0.25) is 0 Å². The Kier molecular flexibility index (Phi) is 4.63. The summed E-state index contributed by atoms with van der Waals surface area (Å²) in [6.07, 6.45) is -4.56. The van der Waals surface area contributed by atoms with Crippen LogP contribution >= 0.6 is 0 Å². The zero-order valence-corrected chi connectivity index (χ0v) is 14.7. The number of rotatable bonds is 2. The number of hydrogen-bond acceptors (Lipinski definition) is 3. The lowest BCUT2D eigenvalue weighted by Crippen LogP contribution is -2.10. The first-order valence-electron chi connectivity index (χ1n) is 8.18. The van der Waals surface area contributed by atoms with Crippen molar-refractivity contribution in [3.05, 3.63) is 70.8 Å². The van der Waals surface area contributed by atoms with Crippen LogP contribution in [0.3, 0.4) is 0 Å². The third kappa shape index (κ3) is 3.36. The van der Waals surface area contributed by atoms with Crippen molar-refractivity contribution in [1.29, 1.82) is 5.26 Å². The molecule has 3 aromatic rings. The highest BCUT2D eigenvalue weighted by Crippen LogP contribution is 2.42. The Hall–Kier alpha value is -3.33. The van der Waals surface area contributed by atoms with Crippen LogP contribution in [0.15, 0.2) is 48.5 Å². The number of alkyl halides is 3. The molecule has 1 heterocycles. The van der Waals surface area contributed by atoms with Crippen molar-refractivity contribution in [2.75, 3.05) is 5.73 Å². The Bertz CT molecular complexity index is 1050. The third-order valence-electron chi connectivity index (χ3n) is 4.41. The molecule has 6 heteroatoms. The van der Waals surface area contributed by atoms with Crippen LogP contribution < -0.4 is 5.73 Å². The molecule has 0 atom stereocenters. The van der Waals surface area contributed by atoms with E-state index in [0.717, 1.165) is 17.2 Å². The second kappa shape index (κ2) is 6.76. The van der Waals surface area contributed by atoms with Gasteiger partial charge in [0, 0.05) is 11.1 Å². The zero-order chi connectivity index (χ0) is 19.8. The van der Waals surface area contributed by atoms with E-state index in [0.29, 0.717) is 11.3 Å². The number of benzene rings is 2. The molecule has 1 aromatic heterocycles. The average molecular weight is 367 g/mol. The highest BCUT2D eigenvalue weighted by molar-refractivity contribution is 5.85. The molecule has 136 valence electrons. The van der Waals surface area contributed by atoms with Gasteiger partial charge < -0.3 is 5.73 Å². The second-order valence-corrected chi connectivity index (χ2v) is 6.24. The summed E-state index contributed by atoms with van der Waals surface area (Å²) in [5.41, 5.74) is 7.85. The summed E-state index contributed by atoms with van der Waals surface area (Å²) in [4.78, 5) is 4.30. The number of anilines is 1. The van der Waals surface area contributed by atoms with E-state index in [1.165, 1.54) is 18.2 Å². The van der Waals surface area contributed by atoms with Crippen molar-refractivity contribution < 1.29 is 13.2 Å². The zero-order valence-electron chi connectivity index (χ0n) is 14.7. The summed E-state index contributed by atoms with van der Waals surface area (Å²) in [7, 11) is 0. The molecule has 27 heavy (non-hydrogen) atoms. The van der Waals surface area contributed by atoms with Crippen LogP contribution in [0.2, 0.25) is 0 Å². The minimum atomic E-state index is -4.56. The van der Waals surface area contributed by atoms with Crippen molar-refractivity contribution in [3.8, 4) is 28.5 Å². The van der Waals surface area contributed by atoms with Gasteiger partial charge in [0.2, 0.25) is 0 Å². The highest BCUT2D eigenvalue weighted by Gasteiger charge is 2.34. The molecule has 0 bridgehead atoms. The summed E-state index contributed by atoms with van der Waals surface area (Å²) in [5.74, 6) is -0.0920. The van der Waals surface area contributed by atoms with Gasteiger partial charge in [0.05, 0.1) is 11.3 Å². The smallest absolute Gasteiger partial charge is 0.383 e. The second-order valence-electron chi connectivity index (χ2n) is 6.24. The number of pyridine rings is 1. The maximum absolute atomic E-state index is 13.5. The van der Waals surface area contributed by atoms with Crippen LogP contribution in [0.5, 0.6) is 0 Å². The molecule has 2 aromatic carbocycles. The Labute approximate surface area is 154 Å². The maximum atomic E-state index is 13.5. The Balaban J connectivity index is 2.38. The predicted molar refractivity (Wildman–Crippen MR) is 98.7 cm³/mol. The standard InChI is InChI=1S/C21H16F3N3/c1-12-7-9-14(10-8-12)19-13(2)18(16(11-25)20(26)27-19)15-5-3-4-6-17(15)21(22,23)24/h3-10H,1-2H3,(H2,26,27). The van der Waals surface area contributed by atoms with Gasteiger partial charge in [-0.2, -0.15) is 18.4 Å². The number of halogens is 3. The van der Waals surface area contributed by atoms with Gasteiger partial charge in [0.25, 0.3) is 0 Å². The molecule has 0 spiro atoms. The molecule has 0 aliphatic carbocycles. The lowest BCUT2D eigenvalue weighted by atomic mass is 9.90. The number of nitrogen functional groups attached to an aromatic ring is 1. The topological polar surface area (TPSA) is 62.7 Å². The van der Waals surface area contributed by atoms with Crippen LogP contribution in [-0.4, -0.2) is 4.98 Å². The van der Waals surface area contributed by atoms with Crippen LogP contribution in [0, 0.1) is 25.2 Å². The number of hydrogen-bond donors (Lipinski definition) is 1. The highest BCUT2D eigenvalue weighted by atomic mass is 19.4. The summed E-state index contributed by atoms with van der Waals surface area (Å²) in [5, 5.41) is 9.53. The monoisotopic (exact) mass is 367 g/mol. The van der Waals surface area contributed by atoms with Crippen LogP contribution in [0.25, 0.3) is 22.4 Å². The Morgan fingerprint density at radius 1 is 1.00 bits per heavy atom. The van der Waals surface area contributed by atoms with Crippen LogP contribution in [0.4, 0.5) is 19.0 Å². The third-order valence-corrected chi connectivity index (χ3v) is 4.41. The van der Waals surface area contributed by atoms with E-state index in [1.54, 1.807) is 6.92 Å². The number of nitrogens with zero attached hydrogens (tertiary/aromatic N) is 2. The molecular weight excluding hydrogens is 351 g/mol. The van der Waals surface area contributed by atoms with Gasteiger partial charge in [0.1, 0.15) is 17.5 Å². The molecule has 3 nitrogen and oxygen atoms in total. The van der Waals surface area contributed by atoms with E-state index in [4.69, 9.17) is 5.73 Å². The molecule has 0 radical (unpaired) electrons. The van der Waals surface area contributed by atoms with E-state index in [9.17, 15) is 18.4 Å². The predicted octanol–water partition coefficient (Wildman–Crippen LogP) is 5.51. The van der Waals surface area contributed by atoms with Gasteiger partial charge in [-0.05, 0) is 31.0 Å². The SMILES string of the molecule is Cc1ccc(-c2nc(N)c(C#N)c(-c3ccccc3C(F)(F)F)c2C)cc1. The average Bonchev–Trinajstić information content (AvgIpc) is 2.63. The van der Waals surface area contributed by atoms with Gasteiger partial charge in [0.15, 0.2) is 0 Å². The number of nitriles is 1. The van der Waals surface area contributed by atoms with Crippen molar-refractivity contribution in [2.24, 2.45) is 0 Å². The Morgan fingerprint density at radius 2 is 1.63 bits per heavy atom. The summed E-state index contributed by atoms with van der Waals surface area (Å²) in [6.45, 7) is 3.59. The fourth-order valence-electron chi connectivity index (χ4n) is 3.08. The van der Waals surface area contributed by atoms with Crippen molar-refractivity contribution >= 4 is 5.82 Å². The molecule has 2 N–H and O–H groups in total. The quantitative estimate of drug-likeness (QED) is 0.650. The number of aromatic nitrogens is 1. The molecule has 0 saturated carbocycles. The number of aryl methyl sites for hydroxylation is 1. The van der Waals surface area contributed by atoms with Crippen LogP contribution in [-0.2, 0) is 6.18 Å². The molecule has 3 rings (SSSR count). The van der Waals surface area contributed by atoms with E-state index < -0.39 is 11.7 Å². The normalized spacial score (nSPS) is 11.3. The van der Waals surface area contributed by atoms with Crippen molar-refractivity contribution in [1.82, 2.24) is 4.98 Å². The lowest BCUT2D eigenvalue weighted by Gasteiger charge is -2.18. The van der Waals surface area contributed by atoms with E-state index >= 15 is 0 Å². The molecule has 0 aliphatic rings. The molecule has 0 saturated heterocycles. The summed E-state index contributed by atoms with van der Waals surface area (Å²) < 4.78 is 40.6. The van der Waals surface area contributed by atoms with Gasteiger partial charge in [-0.25, -0.2) is 4.98 Å². The molecule has 0 fully saturated rings. The first-order chi connectivity index (χ1) is 12.7. The number of nitrogens with two attached hydrogens (primary N) is 1. The maximum Gasteiger partial charge on any atom is 0.417 e. The first kappa shape index (κ1) is 18.5. The molecular formula is C21H16F3N3. The lowest BCUT2D eigenvalue weighted by molar-refractivity contribution is -0.137. The van der Waals surface area contributed by atoms with E-state index in [-0.39, 0.29) is 22.5 Å². The van der Waals surface area contributed by atoms with Gasteiger partial charge in [-0.1, -0.05) is 48.0 Å². The Morgan fingerprint density at radius 3 is 2.22 bits per heavy atom. The minimum Gasteiger partial charge on any atom is -0.383 e. The minimum absolute atomic E-state index is 0.0555. The molecule has 0 amide bonds. The van der Waals surface area contributed by atoms with Crippen LogP contribution in [0.1, 0.15) is 22.3 Å². The summed E-state index contributed by atoms with van der Waals surface area (Å²) >= 11 is 0. The largest absolute Gasteiger partial charge is 0.417 e. The summed E-state index contributed by atoms with van der Waals surface area (Å²) in [6, 6.07) is 14.5.